The predicted octanol–water partition coefficient (Wildman–Crippen LogP) is 3.47. The molecule has 1 spiro atoms. The lowest BCUT2D eigenvalue weighted by Gasteiger charge is -2.39. The van der Waals surface area contributed by atoms with E-state index in [2.05, 4.69) is 45.9 Å². The summed E-state index contributed by atoms with van der Waals surface area (Å²) in [4.78, 5) is 0. The molecule has 1 aliphatic heterocycles. The number of hydrogen-bond acceptors (Lipinski definition) is 1. The Labute approximate surface area is 86.8 Å². The highest BCUT2D eigenvalue weighted by atomic mass is 16.5. The highest BCUT2D eigenvalue weighted by Gasteiger charge is 2.40. The monoisotopic (exact) mass is 192 g/mol. The van der Waals surface area contributed by atoms with E-state index in [4.69, 9.17) is 4.74 Å². The Morgan fingerprint density at radius 1 is 1.43 bits per heavy atom. The fraction of sp³-hybridized carbons (Fsp3) is 0.692. The van der Waals surface area contributed by atoms with Crippen molar-refractivity contribution < 1.29 is 4.74 Å². The second-order valence-corrected chi connectivity index (χ2v) is 5.65. The van der Waals surface area contributed by atoms with E-state index < -0.39 is 0 Å². The van der Waals surface area contributed by atoms with Crippen LogP contribution in [0.15, 0.2) is 23.8 Å². The first kappa shape index (κ1) is 9.97. The molecule has 1 aliphatic carbocycles. The third-order valence-electron chi connectivity index (χ3n) is 3.06. The van der Waals surface area contributed by atoms with E-state index in [-0.39, 0.29) is 11.7 Å². The van der Waals surface area contributed by atoms with Crippen LogP contribution in [-0.2, 0) is 4.74 Å². The Bertz CT molecular complexity index is 298. The van der Waals surface area contributed by atoms with Crippen LogP contribution >= 0.6 is 0 Å². The van der Waals surface area contributed by atoms with Gasteiger partial charge in [-0.2, -0.15) is 0 Å². The maximum absolute atomic E-state index is 6.01. The Kier molecular flexibility index (Phi) is 2.11. The number of hydrogen-bond donors (Lipinski definition) is 0. The molecule has 78 valence electrons. The van der Waals surface area contributed by atoms with Gasteiger partial charge in [0.25, 0.3) is 0 Å². The Morgan fingerprint density at radius 2 is 2.14 bits per heavy atom. The molecular weight excluding hydrogens is 172 g/mol. The lowest BCUT2D eigenvalue weighted by atomic mass is 9.71. The van der Waals surface area contributed by atoms with E-state index in [1.807, 2.05) is 0 Å². The minimum absolute atomic E-state index is 0.0920. The largest absolute Gasteiger partial charge is 0.360 e. The van der Waals surface area contributed by atoms with Crippen molar-refractivity contribution in [2.45, 2.75) is 52.2 Å². The molecule has 0 aromatic heterocycles. The third-order valence-corrected chi connectivity index (χ3v) is 3.06. The molecule has 2 atom stereocenters. The molecule has 0 N–H and O–H groups in total. The molecule has 0 aromatic rings. The van der Waals surface area contributed by atoms with Crippen molar-refractivity contribution in [1.82, 2.24) is 0 Å². The van der Waals surface area contributed by atoms with Crippen molar-refractivity contribution in [3.63, 3.8) is 0 Å². The fourth-order valence-corrected chi connectivity index (χ4v) is 2.99. The van der Waals surface area contributed by atoms with Gasteiger partial charge in [0, 0.05) is 0 Å². The smallest absolute Gasteiger partial charge is 0.106 e. The van der Waals surface area contributed by atoms with E-state index in [0.29, 0.717) is 5.41 Å². The molecule has 1 heterocycles. The first-order valence-electron chi connectivity index (χ1n) is 5.46. The van der Waals surface area contributed by atoms with Gasteiger partial charge < -0.3 is 4.74 Å². The molecule has 0 unspecified atom stereocenters. The van der Waals surface area contributed by atoms with Gasteiger partial charge in [-0.15, -0.1) is 0 Å². The Hall–Kier alpha value is -0.560. The topological polar surface area (TPSA) is 9.23 Å². The number of ether oxygens (including phenoxy) is 1. The molecule has 1 nitrogen and oxygen atoms in total. The molecule has 0 bridgehead atoms. The van der Waals surface area contributed by atoms with Crippen LogP contribution in [0.3, 0.4) is 0 Å². The van der Waals surface area contributed by atoms with E-state index in [9.17, 15) is 0 Å². The molecule has 0 saturated heterocycles. The average molecular weight is 192 g/mol. The zero-order chi connectivity index (χ0) is 10.4. The number of allylic oxidation sites excluding steroid dienone is 1. The van der Waals surface area contributed by atoms with Crippen LogP contribution in [0.1, 0.15) is 40.5 Å². The van der Waals surface area contributed by atoms with E-state index >= 15 is 0 Å². The molecule has 0 saturated carbocycles. The van der Waals surface area contributed by atoms with Crippen LogP contribution in [0.5, 0.6) is 0 Å². The van der Waals surface area contributed by atoms with Crippen molar-refractivity contribution in [2.75, 3.05) is 0 Å². The second kappa shape index (κ2) is 2.96. The SMILES string of the molecule is CC1=C[C@@]2(C=C[C@@H](C)O2)CC(C)(C)C1. The van der Waals surface area contributed by atoms with Gasteiger partial charge in [0.2, 0.25) is 0 Å². The summed E-state index contributed by atoms with van der Waals surface area (Å²) in [6.07, 6.45) is 9.29. The van der Waals surface area contributed by atoms with Gasteiger partial charge in [-0.3, -0.25) is 0 Å². The maximum Gasteiger partial charge on any atom is 0.106 e. The van der Waals surface area contributed by atoms with Gasteiger partial charge in [-0.25, -0.2) is 0 Å². The van der Waals surface area contributed by atoms with Crippen LogP contribution in [-0.4, -0.2) is 11.7 Å². The Morgan fingerprint density at radius 3 is 2.64 bits per heavy atom. The van der Waals surface area contributed by atoms with Gasteiger partial charge in [0.1, 0.15) is 5.60 Å². The first-order valence-corrected chi connectivity index (χ1v) is 5.46. The molecule has 2 rings (SSSR count). The van der Waals surface area contributed by atoms with E-state index in [0.717, 1.165) is 6.42 Å². The van der Waals surface area contributed by atoms with Gasteiger partial charge in [0.05, 0.1) is 6.10 Å². The lowest BCUT2D eigenvalue weighted by Crippen LogP contribution is -2.36. The molecule has 0 radical (unpaired) electrons. The fourth-order valence-electron chi connectivity index (χ4n) is 2.99. The van der Waals surface area contributed by atoms with Gasteiger partial charge in [-0.05, 0) is 38.2 Å². The molecule has 2 aliphatic rings. The molecule has 0 amide bonds. The van der Waals surface area contributed by atoms with E-state index in [1.165, 1.54) is 12.0 Å². The zero-order valence-corrected chi connectivity index (χ0v) is 9.63. The van der Waals surface area contributed by atoms with Gasteiger partial charge >= 0.3 is 0 Å². The minimum atomic E-state index is -0.0920. The van der Waals surface area contributed by atoms with Crippen LogP contribution in [0.2, 0.25) is 0 Å². The molecule has 1 heteroatoms. The highest BCUT2D eigenvalue weighted by Crippen LogP contribution is 2.44. The first-order chi connectivity index (χ1) is 6.41. The highest BCUT2D eigenvalue weighted by molar-refractivity contribution is 5.27. The molecular formula is C13H20O. The maximum atomic E-state index is 6.01. The predicted molar refractivity (Wildman–Crippen MR) is 59.2 cm³/mol. The summed E-state index contributed by atoms with van der Waals surface area (Å²) in [7, 11) is 0. The summed E-state index contributed by atoms with van der Waals surface area (Å²) in [5, 5.41) is 0. The summed E-state index contributed by atoms with van der Waals surface area (Å²) < 4.78 is 6.01. The summed E-state index contributed by atoms with van der Waals surface area (Å²) in [5.41, 5.74) is 1.73. The third kappa shape index (κ3) is 1.78. The van der Waals surface area contributed by atoms with Gasteiger partial charge in [-0.1, -0.05) is 31.6 Å². The molecule has 14 heavy (non-hydrogen) atoms. The standard InChI is InChI=1S/C13H20O/c1-10-7-12(3,4)9-13(8-10)6-5-11(2)14-13/h5-6,8,11H,7,9H2,1-4H3/t11-,13+/m1/s1. The van der Waals surface area contributed by atoms with Crippen molar-refractivity contribution >= 4 is 0 Å². The molecule has 0 aromatic carbocycles. The summed E-state index contributed by atoms with van der Waals surface area (Å²) in [6.45, 7) is 8.97. The minimum Gasteiger partial charge on any atom is -0.360 e. The van der Waals surface area contributed by atoms with Crippen molar-refractivity contribution in [2.24, 2.45) is 5.41 Å². The number of rotatable bonds is 0. The second-order valence-electron chi connectivity index (χ2n) is 5.65. The summed E-state index contributed by atoms with van der Waals surface area (Å²) in [6, 6.07) is 0. The van der Waals surface area contributed by atoms with Crippen LogP contribution in [0.25, 0.3) is 0 Å². The van der Waals surface area contributed by atoms with Crippen molar-refractivity contribution in [1.29, 1.82) is 0 Å². The van der Waals surface area contributed by atoms with Crippen LogP contribution in [0.4, 0.5) is 0 Å². The summed E-state index contributed by atoms with van der Waals surface area (Å²) in [5.74, 6) is 0. The normalized spacial score (nSPS) is 40.3. The van der Waals surface area contributed by atoms with Crippen LogP contribution in [0, 0.1) is 5.41 Å². The van der Waals surface area contributed by atoms with Gasteiger partial charge in [0.15, 0.2) is 0 Å². The molecule has 0 fully saturated rings. The van der Waals surface area contributed by atoms with E-state index in [1.54, 1.807) is 0 Å². The quantitative estimate of drug-likeness (QED) is 0.534. The zero-order valence-electron chi connectivity index (χ0n) is 9.63. The Balaban J connectivity index is 2.29. The van der Waals surface area contributed by atoms with Crippen molar-refractivity contribution in [3.8, 4) is 0 Å². The van der Waals surface area contributed by atoms with Crippen LogP contribution < -0.4 is 0 Å². The summed E-state index contributed by atoms with van der Waals surface area (Å²) >= 11 is 0. The lowest BCUT2D eigenvalue weighted by molar-refractivity contribution is -0.0165. The average Bonchev–Trinajstić information content (AvgIpc) is 2.26. The van der Waals surface area contributed by atoms with Crippen molar-refractivity contribution in [3.05, 3.63) is 23.8 Å².